The molecule has 0 atom stereocenters. The van der Waals surface area contributed by atoms with Gasteiger partial charge in [0.1, 0.15) is 5.58 Å². The number of fused-ring (bicyclic) bond motifs is 6. The third kappa shape index (κ3) is 9.43. The summed E-state index contributed by atoms with van der Waals surface area (Å²) in [6.07, 6.45) is 0. The maximum Gasteiger partial charge on any atom is 2.00 e. The largest absolute Gasteiger partial charge is 2.00 e. The Hall–Kier alpha value is -8.45. The first-order chi connectivity index (χ1) is 38.8. The molecule has 0 N–H and O–H groups in total. The Morgan fingerprint density at radius 3 is 1.51 bits per heavy atom. The van der Waals surface area contributed by atoms with Crippen molar-refractivity contribution < 1.29 is 30.2 Å². The first-order valence-corrected chi connectivity index (χ1v) is 28.0. The maximum absolute atomic E-state index is 7.11. The molecule has 8 aromatic carbocycles. The van der Waals surface area contributed by atoms with Crippen molar-refractivity contribution >= 4 is 55.0 Å². The molecule has 0 saturated carbocycles. The fourth-order valence-electron chi connectivity index (χ4n) is 11.7. The number of nitrogens with zero attached hydrogens (tertiary/aromatic N) is 6. The average Bonchev–Trinajstić information content (AvgIpc) is 4.33. The van der Waals surface area contributed by atoms with Crippen molar-refractivity contribution in [2.24, 2.45) is 0 Å². The van der Waals surface area contributed by atoms with Crippen LogP contribution in [-0.2, 0) is 21.1 Å². The number of hydrogen-bond donors (Lipinski definition) is 0. The summed E-state index contributed by atoms with van der Waals surface area (Å²) >= 11 is 0. The van der Waals surface area contributed by atoms with Crippen LogP contribution in [0.3, 0.4) is 0 Å². The zero-order chi connectivity index (χ0) is 55.1. The predicted octanol–water partition coefficient (Wildman–Crippen LogP) is 19.4. The van der Waals surface area contributed by atoms with Crippen LogP contribution in [0, 0.1) is 26.0 Å². The number of pyridine rings is 2. The molecule has 0 amide bonds. The van der Waals surface area contributed by atoms with Gasteiger partial charge in [0.15, 0.2) is 0 Å². The van der Waals surface area contributed by atoms with Crippen molar-refractivity contribution in [2.75, 3.05) is 0 Å². The molecule has 81 heavy (non-hydrogen) atoms. The summed E-state index contributed by atoms with van der Waals surface area (Å²) in [5.74, 6) is 3.19. The zero-order valence-corrected chi connectivity index (χ0v) is 49.6. The first kappa shape index (κ1) is 53.2. The third-order valence-corrected chi connectivity index (χ3v) is 15.6. The topological polar surface area (TPSA) is 83.8 Å². The molecule has 0 aliphatic carbocycles. The molecule has 9 heteroatoms. The molecule has 0 unspecified atom stereocenters. The van der Waals surface area contributed by atoms with Gasteiger partial charge in [-0.15, -0.1) is 23.8 Å². The number of furan rings is 1. The van der Waals surface area contributed by atoms with Crippen LogP contribution in [-0.4, -0.2) is 29.1 Å². The van der Waals surface area contributed by atoms with Gasteiger partial charge in [-0.05, 0) is 148 Å². The van der Waals surface area contributed by atoms with E-state index in [-0.39, 0.29) is 44.7 Å². The van der Waals surface area contributed by atoms with Crippen LogP contribution in [0.1, 0.15) is 113 Å². The fourth-order valence-corrected chi connectivity index (χ4v) is 11.7. The summed E-state index contributed by atoms with van der Waals surface area (Å²) in [7, 11) is 0. The molecule has 8 nitrogen and oxygen atoms in total. The molecular weight excluding hydrogens is 1180 g/mol. The van der Waals surface area contributed by atoms with E-state index in [1.54, 1.807) is 0 Å². The Morgan fingerprint density at radius 2 is 0.963 bits per heavy atom. The van der Waals surface area contributed by atoms with Gasteiger partial charge in [-0.25, -0.2) is 4.98 Å². The number of hydrogen-bond acceptors (Lipinski definition) is 6. The summed E-state index contributed by atoms with van der Waals surface area (Å²) < 4.78 is 18.8. The Kier molecular flexibility index (Phi) is 13.9. The number of aromatic nitrogens is 6. The second-order valence-electron chi connectivity index (χ2n) is 22.5. The molecule has 402 valence electrons. The van der Waals surface area contributed by atoms with Crippen LogP contribution in [0.25, 0.3) is 111 Å². The van der Waals surface area contributed by atoms with E-state index >= 15 is 0 Å². The minimum Gasteiger partial charge on any atom is -0.499 e. The standard InChI is InChI=1S/C72H62N6O2.Pt/c1-41(2)55-34-50(47-22-13-11-14-23-47)35-56(42(3)4)68(55)77-63-30-19-17-28-61(63)74-71(77)49-26-21-27-53(33-49)79-54-39-59-67-65(38-52-32-45(9)73-46(10)66(52)76-67)80-70(59)60(40-54)72-75-62-29-18-20-31-64(62)78(72)69-57(43(5)6)36-51(37-58(69)44(7)8)48-24-15-12-16-25-48;/h11-32,34-39,41-44H,1-10H3;/q-2;+2. The average molecular weight is 1240 g/mol. The minimum absolute atomic E-state index is 0. The van der Waals surface area contributed by atoms with Gasteiger partial charge in [-0.3, -0.25) is 15.0 Å². The molecule has 13 rings (SSSR count). The van der Waals surface area contributed by atoms with Gasteiger partial charge in [-0.2, -0.15) is 0 Å². The monoisotopic (exact) mass is 1240 g/mol. The molecule has 13 aromatic rings. The van der Waals surface area contributed by atoms with E-state index in [0.717, 1.165) is 72.5 Å². The van der Waals surface area contributed by atoms with E-state index in [1.807, 2.05) is 38.1 Å². The molecule has 5 heterocycles. The Labute approximate surface area is 487 Å². The van der Waals surface area contributed by atoms with Gasteiger partial charge in [0.2, 0.25) is 0 Å². The molecule has 0 spiro atoms. The van der Waals surface area contributed by atoms with Crippen LogP contribution in [0.2, 0.25) is 0 Å². The Morgan fingerprint density at radius 1 is 0.457 bits per heavy atom. The van der Waals surface area contributed by atoms with Crippen molar-refractivity contribution in [3.8, 4) is 67.9 Å². The van der Waals surface area contributed by atoms with E-state index in [1.165, 1.54) is 44.5 Å². The van der Waals surface area contributed by atoms with Crippen molar-refractivity contribution in [2.45, 2.75) is 92.9 Å². The molecule has 5 aromatic heterocycles. The molecular formula is C72H62N6O2Pt. The number of ether oxygens (including phenoxy) is 1. The van der Waals surface area contributed by atoms with Gasteiger partial charge in [0, 0.05) is 34.0 Å². The second kappa shape index (κ2) is 21.2. The number of benzene rings is 8. The van der Waals surface area contributed by atoms with Crippen LogP contribution < -0.4 is 4.74 Å². The summed E-state index contributed by atoms with van der Waals surface area (Å²) in [5.41, 5.74) is 21.7. The fraction of sp³-hybridized carbons (Fsp3) is 0.194. The van der Waals surface area contributed by atoms with Crippen molar-refractivity contribution in [3.63, 3.8) is 0 Å². The number of rotatable bonds is 12. The number of imidazole rings is 2. The Balaban J connectivity index is 0.00000651. The molecule has 0 aliphatic rings. The van der Waals surface area contributed by atoms with Gasteiger partial charge in [0.05, 0.1) is 56.0 Å². The van der Waals surface area contributed by atoms with E-state index in [0.29, 0.717) is 39.6 Å². The smallest absolute Gasteiger partial charge is 0.499 e. The third-order valence-electron chi connectivity index (χ3n) is 15.6. The molecule has 0 radical (unpaired) electrons. The van der Waals surface area contributed by atoms with Crippen molar-refractivity contribution in [1.82, 2.24) is 29.1 Å². The van der Waals surface area contributed by atoms with Gasteiger partial charge < -0.3 is 18.3 Å². The first-order valence-electron chi connectivity index (χ1n) is 28.0. The van der Waals surface area contributed by atoms with Crippen LogP contribution in [0.5, 0.6) is 11.5 Å². The van der Waals surface area contributed by atoms with E-state index in [4.69, 9.17) is 29.1 Å². The zero-order valence-electron chi connectivity index (χ0n) is 47.3. The van der Waals surface area contributed by atoms with Gasteiger partial charge in [-0.1, -0.05) is 164 Å². The Bertz CT molecular complexity index is 4490. The van der Waals surface area contributed by atoms with Crippen LogP contribution >= 0.6 is 0 Å². The van der Waals surface area contributed by atoms with Gasteiger partial charge in [0.25, 0.3) is 0 Å². The normalized spacial score (nSPS) is 11.9. The number of para-hydroxylation sites is 4. The van der Waals surface area contributed by atoms with E-state index < -0.39 is 0 Å². The van der Waals surface area contributed by atoms with Crippen molar-refractivity contribution in [3.05, 3.63) is 216 Å². The number of aryl methyl sites for hydroxylation is 2. The summed E-state index contributed by atoms with van der Waals surface area (Å²) in [4.78, 5) is 21.1. The SMILES string of the molecule is Cc1cc2cc3oc4c(-c5nc6ccccc6n5-c5c(C(C)C)cc(-c6ccccc6)cc5C(C)C)[c-]c(Oc5[c-]c(-c6nc7ccccc7n6-c6c(C(C)C)cc(-c7ccccc7)cc6C(C)C)ccc5)cc4c3nc2c(C)n1.[Pt+2]. The summed E-state index contributed by atoms with van der Waals surface area (Å²) in [5, 5.41) is 1.74. The summed E-state index contributed by atoms with van der Waals surface area (Å²) in [6, 6.07) is 67.3. The van der Waals surface area contributed by atoms with E-state index in [2.05, 4.69) is 222 Å². The summed E-state index contributed by atoms with van der Waals surface area (Å²) in [6.45, 7) is 22.2. The van der Waals surface area contributed by atoms with E-state index in [9.17, 15) is 0 Å². The molecule has 0 saturated heterocycles. The van der Waals surface area contributed by atoms with Gasteiger partial charge >= 0.3 is 21.1 Å². The minimum atomic E-state index is 0. The predicted molar refractivity (Wildman–Crippen MR) is 328 cm³/mol. The quantitative estimate of drug-likeness (QED) is 0.113. The second-order valence-corrected chi connectivity index (χ2v) is 22.5. The van der Waals surface area contributed by atoms with Crippen LogP contribution in [0.4, 0.5) is 0 Å². The maximum atomic E-state index is 7.11. The molecule has 0 fully saturated rings. The van der Waals surface area contributed by atoms with Crippen LogP contribution in [0.15, 0.2) is 174 Å². The molecule has 0 bridgehead atoms. The van der Waals surface area contributed by atoms with Crippen molar-refractivity contribution in [1.29, 1.82) is 0 Å². The molecule has 0 aliphatic heterocycles.